The average Bonchev–Trinajstić information content (AvgIpc) is 3.02. The molecule has 1 aromatic carbocycles. The molecule has 1 aliphatic rings. The van der Waals surface area contributed by atoms with Gasteiger partial charge in [0, 0.05) is 11.8 Å². The van der Waals surface area contributed by atoms with E-state index in [0.29, 0.717) is 23.1 Å². The van der Waals surface area contributed by atoms with Crippen LogP contribution in [0.2, 0.25) is 0 Å². The van der Waals surface area contributed by atoms with Gasteiger partial charge in [-0.2, -0.15) is 8.42 Å². The molecule has 4 unspecified atom stereocenters. The molecular formula is C22H30N2O8S. The number of aromatic amines is 1. The number of rotatable bonds is 9. The highest BCUT2D eigenvalue weighted by Gasteiger charge is 2.45. The van der Waals surface area contributed by atoms with Crippen LogP contribution in [0.25, 0.3) is 0 Å². The first kappa shape index (κ1) is 25.3. The van der Waals surface area contributed by atoms with Crippen molar-refractivity contribution in [3.63, 3.8) is 0 Å². The Kier molecular flexibility index (Phi) is 7.91. The third-order valence-corrected chi connectivity index (χ3v) is 7.34. The van der Waals surface area contributed by atoms with Crippen LogP contribution in [0.1, 0.15) is 49.1 Å². The van der Waals surface area contributed by atoms with Gasteiger partial charge in [0.2, 0.25) is 0 Å². The van der Waals surface area contributed by atoms with E-state index >= 15 is 0 Å². The Labute approximate surface area is 191 Å². The number of hydrogen-bond donors (Lipinski definition) is 3. The van der Waals surface area contributed by atoms with Crippen LogP contribution in [0.4, 0.5) is 0 Å². The lowest BCUT2D eigenvalue weighted by atomic mass is 10.1. The predicted molar refractivity (Wildman–Crippen MR) is 120 cm³/mol. The second kappa shape index (κ2) is 10.3. The van der Waals surface area contributed by atoms with Gasteiger partial charge in [-0.1, -0.05) is 38.0 Å². The van der Waals surface area contributed by atoms with Crippen molar-refractivity contribution in [2.24, 2.45) is 0 Å². The Morgan fingerprint density at radius 2 is 1.79 bits per heavy atom. The third-order valence-electron chi connectivity index (χ3n) is 5.75. The second-order valence-electron chi connectivity index (χ2n) is 8.28. The SMILES string of the molecule is CCCCCc1cn(C2OC(COS(=O)(=O)c3c(C)cccc3C)C(O)C2O)c(=O)[nH]c1=O. The van der Waals surface area contributed by atoms with E-state index in [4.69, 9.17) is 8.92 Å². The van der Waals surface area contributed by atoms with Gasteiger partial charge in [0.1, 0.15) is 18.3 Å². The molecule has 1 saturated heterocycles. The first-order chi connectivity index (χ1) is 15.6. The monoisotopic (exact) mass is 482 g/mol. The van der Waals surface area contributed by atoms with Gasteiger partial charge < -0.3 is 14.9 Å². The summed E-state index contributed by atoms with van der Waals surface area (Å²) in [5.74, 6) is 0. The molecular weight excluding hydrogens is 452 g/mol. The summed E-state index contributed by atoms with van der Waals surface area (Å²) in [6.45, 7) is 4.75. The third kappa shape index (κ3) is 5.44. The lowest BCUT2D eigenvalue weighted by Gasteiger charge is -2.18. The van der Waals surface area contributed by atoms with Gasteiger partial charge in [-0.25, -0.2) is 4.79 Å². The Morgan fingerprint density at radius 1 is 1.12 bits per heavy atom. The summed E-state index contributed by atoms with van der Waals surface area (Å²) >= 11 is 0. The lowest BCUT2D eigenvalue weighted by molar-refractivity contribution is -0.0510. The molecule has 3 rings (SSSR count). The zero-order chi connectivity index (χ0) is 24.3. The number of aliphatic hydroxyl groups excluding tert-OH is 2. The highest BCUT2D eigenvalue weighted by molar-refractivity contribution is 7.86. The van der Waals surface area contributed by atoms with Crippen molar-refractivity contribution >= 4 is 10.1 Å². The number of benzene rings is 1. The normalized spacial score (nSPS) is 23.2. The van der Waals surface area contributed by atoms with Crippen molar-refractivity contribution in [3.8, 4) is 0 Å². The number of nitrogens with zero attached hydrogens (tertiary/aromatic N) is 1. The molecule has 3 N–H and O–H groups in total. The molecule has 11 heteroatoms. The molecule has 0 amide bonds. The Bertz CT molecular complexity index is 1180. The smallest absolute Gasteiger partial charge is 0.330 e. The molecule has 0 bridgehead atoms. The van der Waals surface area contributed by atoms with Crippen LogP contribution < -0.4 is 11.2 Å². The average molecular weight is 483 g/mol. The van der Waals surface area contributed by atoms with Crippen LogP contribution in [-0.4, -0.2) is 53.1 Å². The molecule has 0 aliphatic carbocycles. The van der Waals surface area contributed by atoms with E-state index in [-0.39, 0.29) is 4.90 Å². The number of nitrogens with one attached hydrogen (secondary N) is 1. The summed E-state index contributed by atoms with van der Waals surface area (Å²) in [7, 11) is -4.15. The van der Waals surface area contributed by atoms with E-state index in [9.17, 15) is 28.2 Å². The first-order valence-electron chi connectivity index (χ1n) is 10.9. The molecule has 1 aromatic heterocycles. The maximum atomic E-state index is 12.7. The summed E-state index contributed by atoms with van der Waals surface area (Å²) in [6, 6.07) is 5.02. The minimum Gasteiger partial charge on any atom is -0.387 e. The zero-order valence-electron chi connectivity index (χ0n) is 18.9. The highest BCUT2D eigenvalue weighted by atomic mass is 32.2. The minimum atomic E-state index is -4.15. The summed E-state index contributed by atoms with van der Waals surface area (Å²) in [4.78, 5) is 26.7. The number of hydrogen-bond acceptors (Lipinski definition) is 8. The number of H-pyrrole nitrogens is 1. The van der Waals surface area contributed by atoms with Gasteiger partial charge >= 0.3 is 5.69 Å². The summed E-state index contributed by atoms with van der Waals surface area (Å²) in [6.07, 6.45) is -1.20. The maximum absolute atomic E-state index is 12.7. The first-order valence-corrected chi connectivity index (χ1v) is 12.3. The fraction of sp³-hybridized carbons (Fsp3) is 0.545. The van der Waals surface area contributed by atoms with Gasteiger partial charge in [-0.3, -0.25) is 18.5 Å². The second-order valence-corrected chi connectivity index (χ2v) is 9.84. The van der Waals surface area contributed by atoms with E-state index < -0.39 is 52.5 Å². The molecule has 182 valence electrons. The van der Waals surface area contributed by atoms with Crippen LogP contribution in [0, 0.1) is 13.8 Å². The van der Waals surface area contributed by atoms with Crippen LogP contribution >= 0.6 is 0 Å². The zero-order valence-corrected chi connectivity index (χ0v) is 19.7. The van der Waals surface area contributed by atoms with Crippen LogP contribution in [0.15, 0.2) is 38.9 Å². The number of aliphatic hydroxyl groups is 2. The van der Waals surface area contributed by atoms with Gasteiger partial charge in [0.05, 0.1) is 11.5 Å². The predicted octanol–water partition coefficient (Wildman–Crippen LogP) is 0.911. The van der Waals surface area contributed by atoms with E-state index in [1.54, 1.807) is 32.0 Å². The Morgan fingerprint density at radius 3 is 2.42 bits per heavy atom. The Hall–Kier alpha value is -2.31. The standard InChI is InChI=1S/C22H30N2O8S/c1-4-5-6-10-15-11-24(22(28)23-20(15)27)21-18(26)17(25)16(32-21)12-31-33(29,30)19-13(2)8-7-9-14(19)3/h7-9,11,16-18,21,25-26H,4-6,10,12H2,1-3H3,(H,23,27,28). The van der Waals surface area contributed by atoms with Crippen molar-refractivity contribution in [1.29, 1.82) is 0 Å². The van der Waals surface area contributed by atoms with Crippen LogP contribution in [-0.2, 0) is 25.5 Å². The lowest BCUT2D eigenvalue weighted by Crippen LogP contribution is -2.39. The van der Waals surface area contributed by atoms with Crippen molar-refractivity contribution < 1.29 is 27.6 Å². The van der Waals surface area contributed by atoms with E-state index in [1.165, 1.54) is 6.20 Å². The minimum absolute atomic E-state index is 0.0307. The van der Waals surface area contributed by atoms with Crippen LogP contribution in [0.3, 0.4) is 0 Å². The molecule has 10 nitrogen and oxygen atoms in total. The summed E-state index contributed by atoms with van der Waals surface area (Å²) in [5.41, 5.74) is 0.0539. The topological polar surface area (TPSA) is 148 Å². The molecule has 1 aliphatic heterocycles. The van der Waals surface area contributed by atoms with Crippen LogP contribution in [0.5, 0.6) is 0 Å². The molecule has 1 fully saturated rings. The van der Waals surface area contributed by atoms with Gasteiger partial charge in [-0.05, 0) is 37.8 Å². The number of aromatic nitrogens is 2. The quantitative estimate of drug-likeness (QED) is 0.353. The van der Waals surface area contributed by atoms with Gasteiger partial charge in [0.25, 0.3) is 15.7 Å². The maximum Gasteiger partial charge on any atom is 0.330 e. The number of aryl methyl sites for hydroxylation is 3. The largest absolute Gasteiger partial charge is 0.387 e. The van der Waals surface area contributed by atoms with Gasteiger partial charge in [-0.15, -0.1) is 0 Å². The fourth-order valence-corrected chi connectivity index (χ4v) is 5.32. The van der Waals surface area contributed by atoms with E-state index in [0.717, 1.165) is 23.8 Å². The molecule has 33 heavy (non-hydrogen) atoms. The molecule has 0 spiro atoms. The van der Waals surface area contributed by atoms with Gasteiger partial charge in [0.15, 0.2) is 6.23 Å². The van der Waals surface area contributed by atoms with Crippen molar-refractivity contribution in [2.45, 2.75) is 75.9 Å². The highest BCUT2D eigenvalue weighted by Crippen LogP contribution is 2.30. The number of ether oxygens (including phenoxy) is 1. The van der Waals surface area contributed by atoms with Crippen molar-refractivity contribution in [3.05, 3.63) is 61.9 Å². The van der Waals surface area contributed by atoms with E-state index in [1.807, 2.05) is 6.92 Å². The Balaban J connectivity index is 1.78. The molecule has 4 atom stereocenters. The van der Waals surface area contributed by atoms with E-state index in [2.05, 4.69) is 4.98 Å². The fourth-order valence-electron chi connectivity index (χ4n) is 3.97. The van der Waals surface area contributed by atoms with Crippen molar-refractivity contribution in [2.75, 3.05) is 6.61 Å². The number of unbranched alkanes of at least 4 members (excludes halogenated alkanes) is 2. The molecule has 2 aromatic rings. The van der Waals surface area contributed by atoms with Crippen molar-refractivity contribution in [1.82, 2.24) is 9.55 Å². The molecule has 0 radical (unpaired) electrons. The summed E-state index contributed by atoms with van der Waals surface area (Å²) in [5, 5.41) is 20.9. The molecule has 0 saturated carbocycles. The summed E-state index contributed by atoms with van der Waals surface area (Å²) < 4.78 is 37.2. The molecule has 2 heterocycles.